The predicted octanol–water partition coefficient (Wildman–Crippen LogP) is 3.34. The molecule has 0 aliphatic rings. The van der Waals surface area contributed by atoms with Gasteiger partial charge in [0.15, 0.2) is 0 Å². The molecule has 15 heavy (non-hydrogen) atoms. The molecule has 0 fully saturated rings. The molecule has 0 heterocycles. The van der Waals surface area contributed by atoms with Crippen molar-refractivity contribution in [2.24, 2.45) is 4.99 Å². The van der Waals surface area contributed by atoms with Crippen molar-refractivity contribution in [1.82, 2.24) is 0 Å². The van der Waals surface area contributed by atoms with Crippen molar-refractivity contribution in [3.63, 3.8) is 0 Å². The quantitative estimate of drug-likeness (QED) is 0.625. The second kappa shape index (κ2) is 4.51. The lowest BCUT2D eigenvalue weighted by molar-refractivity contribution is 0.469. The first-order valence-corrected chi connectivity index (χ1v) is 5.89. The molecule has 0 atom stereocenters. The maximum atomic E-state index is 9.82. The van der Waals surface area contributed by atoms with Crippen LogP contribution in [0, 0.1) is 3.57 Å². The summed E-state index contributed by atoms with van der Waals surface area (Å²) in [6.45, 7) is 6.47. The highest BCUT2D eigenvalue weighted by atomic mass is 127. The van der Waals surface area contributed by atoms with Crippen LogP contribution in [0.2, 0.25) is 0 Å². The highest BCUT2D eigenvalue weighted by Gasteiger charge is 2.17. The number of halogens is 1. The van der Waals surface area contributed by atoms with Gasteiger partial charge >= 0.3 is 0 Å². The summed E-state index contributed by atoms with van der Waals surface area (Å²) >= 11 is 2.14. The van der Waals surface area contributed by atoms with Gasteiger partial charge in [-0.25, -0.2) is 0 Å². The van der Waals surface area contributed by atoms with E-state index in [9.17, 15) is 5.11 Å². The molecule has 1 N–H and O–H groups in total. The van der Waals surface area contributed by atoms with Crippen molar-refractivity contribution in [3.8, 4) is 5.75 Å². The lowest BCUT2D eigenvalue weighted by Crippen LogP contribution is -2.12. The van der Waals surface area contributed by atoms with Gasteiger partial charge in [-0.15, -0.1) is 0 Å². The van der Waals surface area contributed by atoms with Gasteiger partial charge in [-0.05, 0) is 45.7 Å². The fourth-order valence-electron chi connectivity index (χ4n) is 1.29. The number of nitrogens with zero attached hydrogens (tertiary/aromatic N) is 1. The zero-order valence-corrected chi connectivity index (χ0v) is 11.7. The first-order chi connectivity index (χ1) is 6.86. The van der Waals surface area contributed by atoms with Crippen molar-refractivity contribution >= 4 is 28.8 Å². The number of hydrogen-bond acceptors (Lipinski definition) is 2. The minimum absolute atomic E-state index is 0.0873. The molecule has 0 saturated carbocycles. The Morgan fingerprint density at radius 1 is 1.33 bits per heavy atom. The number of aliphatic imine (C=N–C) groups is 1. The number of phenols is 1. The molecular formula is C12H16INO. The molecule has 0 unspecified atom stereocenters. The van der Waals surface area contributed by atoms with Gasteiger partial charge in [-0.1, -0.05) is 20.8 Å². The van der Waals surface area contributed by atoms with Gasteiger partial charge in [-0.3, -0.25) is 4.99 Å². The van der Waals surface area contributed by atoms with E-state index in [-0.39, 0.29) is 5.41 Å². The van der Waals surface area contributed by atoms with Gasteiger partial charge in [0.25, 0.3) is 0 Å². The van der Waals surface area contributed by atoms with Crippen LogP contribution >= 0.6 is 22.6 Å². The summed E-state index contributed by atoms with van der Waals surface area (Å²) in [6, 6.07) is 4.01. The van der Waals surface area contributed by atoms with Gasteiger partial charge in [0.1, 0.15) is 5.75 Å². The Morgan fingerprint density at radius 3 is 2.40 bits per heavy atom. The van der Waals surface area contributed by atoms with E-state index in [1.165, 1.54) is 5.56 Å². The lowest BCUT2D eigenvalue weighted by Gasteiger charge is -2.20. The van der Waals surface area contributed by atoms with Crippen molar-refractivity contribution < 1.29 is 5.11 Å². The Kier molecular flexibility index (Phi) is 3.76. The summed E-state index contributed by atoms with van der Waals surface area (Å²) in [4.78, 5) is 3.94. The third kappa shape index (κ3) is 2.93. The Morgan fingerprint density at radius 2 is 1.93 bits per heavy atom. The number of hydrogen-bond donors (Lipinski definition) is 1. The van der Waals surface area contributed by atoms with Gasteiger partial charge in [0.05, 0.1) is 3.57 Å². The predicted molar refractivity (Wildman–Crippen MR) is 73.0 cm³/mol. The summed E-state index contributed by atoms with van der Waals surface area (Å²) in [5.41, 5.74) is 2.08. The Balaban J connectivity index is 3.36. The van der Waals surface area contributed by atoms with E-state index >= 15 is 0 Å². The molecule has 1 aromatic rings. The fourth-order valence-corrected chi connectivity index (χ4v) is 1.94. The zero-order chi connectivity index (χ0) is 11.6. The molecule has 3 heteroatoms. The topological polar surface area (TPSA) is 32.6 Å². The molecule has 1 rings (SSSR count). The Labute approximate surface area is 105 Å². The SMILES string of the molecule is CN=Cc1cc(C(C)(C)C)cc(I)c1O. The number of phenolic OH excluding ortho intramolecular Hbond substituents is 1. The third-order valence-electron chi connectivity index (χ3n) is 2.23. The van der Waals surface area contributed by atoms with Crippen LogP contribution in [0.5, 0.6) is 5.75 Å². The second-order valence-electron chi connectivity index (χ2n) is 4.53. The van der Waals surface area contributed by atoms with Crippen LogP contribution < -0.4 is 0 Å². The summed E-state index contributed by atoms with van der Waals surface area (Å²) in [6.07, 6.45) is 1.69. The molecular weight excluding hydrogens is 301 g/mol. The van der Waals surface area contributed by atoms with Crippen LogP contribution in [0.4, 0.5) is 0 Å². The second-order valence-corrected chi connectivity index (χ2v) is 5.70. The van der Waals surface area contributed by atoms with Crippen molar-refractivity contribution in [3.05, 3.63) is 26.8 Å². The van der Waals surface area contributed by atoms with Crippen molar-refractivity contribution in [2.75, 3.05) is 7.05 Å². The van der Waals surface area contributed by atoms with Gasteiger partial charge in [0.2, 0.25) is 0 Å². The van der Waals surface area contributed by atoms with Crippen molar-refractivity contribution in [2.45, 2.75) is 26.2 Å². The minimum atomic E-state index is 0.0873. The standard InChI is InChI=1S/C12H16INO/c1-12(2,3)9-5-8(7-14-4)11(15)10(13)6-9/h5-7,15H,1-4H3. The third-order valence-corrected chi connectivity index (χ3v) is 3.05. The van der Waals surface area contributed by atoms with E-state index in [0.29, 0.717) is 5.75 Å². The van der Waals surface area contributed by atoms with E-state index in [1.807, 2.05) is 12.1 Å². The molecule has 0 saturated heterocycles. The number of benzene rings is 1. The zero-order valence-electron chi connectivity index (χ0n) is 9.50. The summed E-state index contributed by atoms with van der Waals surface area (Å²) in [5, 5.41) is 9.82. The summed E-state index contributed by atoms with van der Waals surface area (Å²) < 4.78 is 0.870. The molecule has 0 radical (unpaired) electrons. The molecule has 0 aromatic heterocycles. The first-order valence-electron chi connectivity index (χ1n) is 4.81. The molecule has 0 amide bonds. The average molecular weight is 317 g/mol. The lowest BCUT2D eigenvalue weighted by atomic mass is 9.86. The Bertz CT molecular complexity index is 391. The summed E-state index contributed by atoms with van der Waals surface area (Å²) in [7, 11) is 1.70. The van der Waals surface area contributed by atoms with E-state index < -0.39 is 0 Å². The van der Waals surface area contributed by atoms with Crippen LogP contribution in [0.3, 0.4) is 0 Å². The molecule has 0 aliphatic heterocycles. The number of rotatable bonds is 1. The van der Waals surface area contributed by atoms with Gasteiger partial charge < -0.3 is 5.11 Å². The highest BCUT2D eigenvalue weighted by molar-refractivity contribution is 14.1. The molecule has 1 aromatic carbocycles. The minimum Gasteiger partial charge on any atom is -0.506 e. The smallest absolute Gasteiger partial charge is 0.137 e. The Hall–Kier alpha value is -0.580. The largest absolute Gasteiger partial charge is 0.506 e. The number of aromatic hydroxyl groups is 1. The van der Waals surface area contributed by atoms with Gasteiger partial charge in [-0.2, -0.15) is 0 Å². The normalized spacial score (nSPS) is 12.3. The van der Waals surface area contributed by atoms with E-state index in [1.54, 1.807) is 13.3 Å². The van der Waals surface area contributed by atoms with Crippen molar-refractivity contribution in [1.29, 1.82) is 0 Å². The van der Waals surface area contributed by atoms with Crippen LogP contribution in [0.1, 0.15) is 31.9 Å². The van der Waals surface area contributed by atoms with E-state index in [2.05, 4.69) is 48.4 Å². The monoisotopic (exact) mass is 317 g/mol. The first kappa shape index (κ1) is 12.5. The van der Waals surface area contributed by atoms with Crippen LogP contribution in [-0.2, 0) is 5.41 Å². The molecule has 0 spiro atoms. The molecule has 2 nitrogen and oxygen atoms in total. The van der Waals surface area contributed by atoms with E-state index in [4.69, 9.17) is 0 Å². The molecule has 0 aliphatic carbocycles. The maximum absolute atomic E-state index is 9.82. The molecule has 0 bridgehead atoms. The summed E-state index contributed by atoms with van der Waals surface area (Å²) in [5.74, 6) is 0.314. The average Bonchev–Trinajstić information content (AvgIpc) is 2.11. The van der Waals surface area contributed by atoms with Gasteiger partial charge in [0, 0.05) is 18.8 Å². The fraction of sp³-hybridized carbons (Fsp3) is 0.417. The highest BCUT2D eigenvalue weighted by Crippen LogP contribution is 2.30. The van der Waals surface area contributed by atoms with Crippen LogP contribution in [-0.4, -0.2) is 18.4 Å². The van der Waals surface area contributed by atoms with E-state index in [0.717, 1.165) is 9.13 Å². The van der Waals surface area contributed by atoms with Crippen LogP contribution in [0.15, 0.2) is 17.1 Å². The maximum Gasteiger partial charge on any atom is 0.137 e. The molecule has 82 valence electrons. The van der Waals surface area contributed by atoms with Crippen LogP contribution in [0.25, 0.3) is 0 Å².